The molecule has 0 spiro atoms. The Morgan fingerprint density at radius 3 is 2.34 bits per heavy atom. The van der Waals surface area contributed by atoms with Crippen molar-refractivity contribution in [3.05, 3.63) is 76.7 Å². The van der Waals surface area contributed by atoms with Crippen LogP contribution in [0, 0.1) is 11.8 Å². The second-order valence-electron chi connectivity index (χ2n) is 9.95. The molecule has 2 aromatic rings. The van der Waals surface area contributed by atoms with Crippen LogP contribution in [0.3, 0.4) is 0 Å². The van der Waals surface area contributed by atoms with Gasteiger partial charge in [0.25, 0.3) is 0 Å². The van der Waals surface area contributed by atoms with Gasteiger partial charge in [0.1, 0.15) is 0 Å². The van der Waals surface area contributed by atoms with Crippen LogP contribution >= 0.6 is 0 Å². The van der Waals surface area contributed by atoms with Crippen LogP contribution < -0.4 is 5.32 Å². The summed E-state index contributed by atoms with van der Waals surface area (Å²) in [6, 6.07) is 17.9. The molecular weight excluding hydrogens is 458 g/mol. The first-order valence-corrected chi connectivity index (χ1v) is 14.2. The summed E-state index contributed by atoms with van der Waals surface area (Å²) < 4.78 is 26.8. The third-order valence-corrected chi connectivity index (χ3v) is 8.62. The van der Waals surface area contributed by atoms with Crippen LogP contribution in [0.1, 0.15) is 49.3 Å². The van der Waals surface area contributed by atoms with Crippen molar-refractivity contribution in [3.63, 3.8) is 0 Å². The molecule has 2 aromatic carbocycles. The van der Waals surface area contributed by atoms with Crippen molar-refractivity contribution in [1.82, 2.24) is 14.5 Å². The number of nitrogens with zero attached hydrogens (tertiary/aromatic N) is 2. The molecule has 0 aliphatic carbocycles. The van der Waals surface area contributed by atoms with Gasteiger partial charge >= 0.3 is 0 Å². The maximum Gasteiger partial charge on any atom is 0.236 e. The van der Waals surface area contributed by atoms with E-state index in [4.69, 9.17) is 0 Å². The van der Waals surface area contributed by atoms with E-state index in [-0.39, 0.29) is 11.8 Å². The first-order chi connectivity index (χ1) is 16.9. The molecule has 0 saturated carbocycles. The quantitative estimate of drug-likeness (QED) is 0.595. The largest absolute Gasteiger partial charge is 0.352 e. The molecule has 2 fully saturated rings. The number of hydrogen-bond donors (Lipinski definition) is 1. The van der Waals surface area contributed by atoms with Crippen LogP contribution in [-0.4, -0.2) is 49.7 Å². The maximum atomic E-state index is 12.7. The summed E-state index contributed by atoms with van der Waals surface area (Å²) >= 11 is 0. The molecule has 6 nitrogen and oxygen atoms in total. The van der Waals surface area contributed by atoms with Crippen molar-refractivity contribution in [2.45, 2.75) is 45.7 Å². The zero-order chi connectivity index (χ0) is 24.7. The van der Waals surface area contributed by atoms with Crippen molar-refractivity contribution in [2.24, 2.45) is 11.8 Å². The van der Waals surface area contributed by atoms with Crippen molar-refractivity contribution in [1.29, 1.82) is 0 Å². The monoisotopic (exact) mass is 495 g/mol. The second kappa shape index (κ2) is 12.0. The summed E-state index contributed by atoms with van der Waals surface area (Å²) in [6.45, 7) is 6.88. The third-order valence-electron chi connectivity index (χ3n) is 7.05. The average molecular weight is 496 g/mol. The topological polar surface area (TPSA) is 69.7 Å². The summed E-state index contributed by atoms with van der Waals surface area (Å²) in [5, 5.41) is 4.31. The zero-order valence-corrected chi connectivity index (χ0v) is 21.4. The Labute approximate surface area is 210 Å². The number of sulfonamides is 1. The molecule has 4 rings (SSSR count). The smallest absolute Gasteiger partial charge is 0.236 e. The fourth-order valence-corrected chi connectivity index (χ4v) is 6.19. The molecule has 2 heterocycles. The van der Waals surface area contributed by atoms with E-state index < -0.39 is 10.0 Å². The van der Waals surface area contributed by atoms with Crippen molar-refractivity contribution < 1.29 is 13.2 Å². The standard InChI is InChI=1S/C28H37N3O3S/c1-23-6-5-16-30(21-23)22-26-11-9-25(10-12-26)20-29-28(32)27-13-17-31(18-14-27)35(33,34)19-15-24-7-3-2-4-8-24/h2-4,7-12,15,19,23,27H,5-6,13-14,16-18,20-22H2,1H3,(H,29,32)/b19-15+. The van der Waals surface area contributed by atoms with Gasteiger partial charge in [0, 0.05) is 44.0 Å². The molecule has 0 radical (unpaired) electrons. The van der Waals surface area contributed by atoms with E-state index in [0.29, 0.717) is 32.5 Å². The molecule has 188 valence electrons. The summed E-state index contributed by atoms with van der Waals surface area (Å²) in [7, 11) is -3.49. The van der Waals surface area contributed by atoms with E-state index in [1.54, 1.807) is 6.08 Å². The van der Waals surface area contributed by atoms with Gasteiger partial charge in [-0.05, 0) is 60.9 Å². The van der Waals surface area contributed by atoms with E-state index in [1.807, 2.05) is 30.3 Å². The fourth-order valence-electron chi connectivity index (χ4n) is 4.97. The molecular formula is C28H37N3O3S. The van der Waals surface area contributed by atoms with Gasteiger partial charge in [0.05, 0.1) is 0 Å². The van der Waals surface area contributed by atoms with Gasteiger partial charge in [0.15, 0.2) is 0 Å². The predicted octanol–water partition coefficient (Wildman–Crippen LogP) is 4.25. The lowest BCUT2D eigenvalue weighted by Gasteiger charge is -2.30. The highest BCUT2D eigenvalue weighted by Gasteiger charge is 2.29. The Morgan fingerprint density at radius 2 is 1.66 bits per heavy atom. The highest BCUT2D eigenvalue weighted by molar-refractivity contribution is 7.92. The fraction of sp³-hybridized carbons (Fsp3) is 0.464. The Balaban J connectivity index is 1.21. The first-order valence-electron chi connectivity index (χ1n) is 12.7. The van der Waals surface area contributed by atoms with Gasteiger partial charge < -0.3 is 5.32 Å². The molecule has 2 aliphatic rings. The maximum absolute atomic E-state index is 12.7. The number of carbonyl (C=O) groups excluding carboxylic acids is 1. The van der Waals surface area contributed by atoms with E-state index in [0.717, 1.165) is 23.6 Å². The van der Waals surface area contributed by atoms with E-state index >= 15 is 0 Å². The normalized spacial score (nSPS) is 20.8. The summed E-state index contributed by atoms with van der Waals surface area (Å²) in [6.07, 6.45) is 5.30. The van der Waals surface area contributed by atoms with Gasteiger partial charge in [-0.3, -0.25) is 9.69 Å². The molecule has 0 aromatic heterocycles. The molecule has 2 saturated heterocycles. The number of piperidine rings is 2. The highest BCUT2D eigenvalue weighted by Crippen LogP contribution is 2.22. The second-order valence-corrected chi connectivity index (χ2v) is 11.8. The summed E-state index contributed by atoms with van der Waals surface area (Å²) in [5.41, 5.74) is 3.24. The van der Waals surface area contributed by atoms with Crippen molar-refractivity contribution in [3.8, 4) is 0 Å². The molecule has 1 unspecified atom stereocenters. The number of carbonyl (C=O) groups is 1. The Bertz CT molecular complexity index is 1090. The van der Waals surface area contributed by atoms with Gasteiger partial charge in [-0.1, -0.05) is 61.5 Å². The molecule has 7 heteroatoms. The van der Waals surface area contributed by atoms with E-state index in [2.05, 4.69) is 41.4 Å². The van der Waals surface area contributed by atoms with Crippen molar-refractivity contribution in [2.75, 3.05) is 26.2 Å². The average Bonchev–Trinajstić information content (AvgIpc) is 2.88. The first kappa shape index (κ1) is 25.6. The zero-order valence-electron chi connectivity index (χ0n) is 20.6. The number of hydrogen-bond acceptors (Lipinski definition) is 4. The van der Waals surface area contributed by atoms with Gasteiger partial charge in [-0.2, -0.15) is 4.31 Å². The van der Waals surface area contributed by atoms with Crippen LogP contribution in [0.15, 0.2) is 60.0 Å². The Morgan fingerprint density at radius 1 is 0.971 bits per heavy atom. The number of rotatable bonds is 8. The highest BCUT2D eigenvalue weighted by atomic mass is 32.2. The lowest BCUT2D eigenvalue weighted by molar-refractivity contribution is -0.126. The number of benzene rings is 2. The number of nitrogens with one attached hydrogen (secondary N) is 1. The Hall–Kier alpha value is -2.48. The third kappa shape index (κ3) is 7.50. The molecule has 1 N–H and O–H groups in total. The molecule has 35 heavy (non-hydrogen) atoms. The van der Waals surface area contributed by atoms with E-state index in [9.17, 15) is 13.2 Å². The molecule has 1 amide bonds. The molecule has 2 aliphatic heterocycles. The predicted molar refractivity (Wildman–Crippen MR) is 141 cm³/mol. The SMILES string of the molecule is CC1CCCN(Cc2ccc(CNC(=O)C3CCN(S(=O)(=O)/C=C/c4ccccc4)CC3)cc2)C1. The lowest BCUT2D eigenvalue weighted by atomic mass is 9.97. The van der Waals surface area contributed by atoms with Gasteiger partial charge in [-0.15, -0.1) is 0 Å². The van der Waals surface area contributed by atoms with Crippen LogP contribution in [-0.2, 0) is 27.9 Å². The van der Waals surface area contributed by atoms with Crippen LogP contribution in [0.2, 0.25) is 0 Å². The van der Waals surface area contributed by atoms with Crippen LogP contribution in [0.25, 0.3) is 6.08 Å². The van der Waals surface area contributed by atoms with E-state index in [1.165, 1.54) is 41.2 Å². The van der Waals surface area contributed by atoms with Crippen LogP contribution in [0.5, 0.6) is 0 Å². The van der Waals surface area contributed by atoms with Gasteiger partial charge in [-0.25, -0.2) is 8.42 Å². The van der Waals surface area contributed by atoms with Gasteiger partial charge in [0.2, 0.25) is 15.9 Å². The number of amides is 1. The Kier molecular flexibility index (Phi) is 8.76. The minimum Gasteiger partial charge on any atom is -0.352 e. The van der Waals surface area contributed by atoms with Crippen LogP contribution in [0.4, 0.5) is 0 Å². The molecule has 1 atom stereocenters. The van der Waals surface area contributed by atoms with Crippen molar-refractivity contribution >= 4 is 22.0 Å². The number of likely N-dealkylation sites (tertiary alicyclic amines) is 1. The minimum atomic E-state index is -3.49. The molecule has 0 bridgehead atoms. The summed E-state index contributed by atoms with van der Waals surface area (Å²) in [4.78, 5) is 15.2. The summed E-state index contributed by atoms with van der Waals surface area (Å²) in [5.74, 6) is 0.629. The minimum absolute atomic E-state index is 0.00764. The lowest BCUT2D eigenvalue weighted by Crippen LogP contribution is -2.42.